The highest BCUT2D eigenvalue weighted by Crippen LogP contribution is 2.33. The van der Waals surface area contributed by atoms with Gasteiger partial charge in [0.1, 0.15) is 0 Å². The number of fused-ring (bicyclic) bond motifs is 1. The molecule has 0 bridgehead atoms. The summed E-state index contributed by atoms with van der Waals surface area (Å²) in [5.74, 6) is -0.461. The first-order valence-electron chi connectivity index (χ1n) is 6.87. The summed E-state index contributed by atoms with van der Waals surface area (Å²) in [4.78, 5) is 0. The van der Waals surface area contributed by atoms with Gasteiger partial charge in [-0.05, 0) is 25.8 Å². The maximum Gasteiger partial charge on any atom is 0.214 e. The van der Waals surface area contributed by atoms with E-state index in [4.69, 9.17) is 9.47 Å². The third kappa shape index (κ3) is 4.15. The Morgan fingerprint density at radius 3 is 3.00 bits per heavy atom. The highest BCUT2D eigenvalue weighted by Gasteiger charge is 2.27. The molecule has 2 atom stereocenters. The Bertz CT molecular complexity index is 591. The van der Waals surface area contributed by atoms with Crippen molar-refractivity contribution >= 4 is 10.0 Å². The molecule has 0 spiro atoms. The average molecular weight is 317 g/mol. The number of rotatable bonds is 5. The van der Waals surface area contributed by atoms with Crippen molar-refractivity contribution in [2.75, 3.05) is 19.5 Å². The van der Waals surface area contributed by atoms with Crippen LogP contribution in [-0.2, 0) is 14.8 Å². The average Bonchev–Trinajstić information content (AvgIpc) is 2.62. The largest absolute Gasteiger partial charge is 0.490 e. The first kappa shape index (κ1) is 16.2. The molecule has 0 aliphatic carbocycles. The summed E-state index contributed by atoms with van der Waals surface area (Å²) < 4.78 is 51.1. The van der Waals surface area contributed by atoms with Crippen molar-refractivity contribution in [3.63, 3.8) is 0 Å². The summed E-state index contributed by atoms with van der Waals surface area (Å²) >= 11 is 0. The highest BCUT2D eigenvalue weighted by atomic mass is 32.2. The first-order valence-corrected chi connectivity index (χ1v) is 8.52. The molecule has 118 valence electrons. The molecule has 21 heavy (non-hydrogen) atoms. The number of halogens is 1. The van der Waals surface area contributed by atoms with Crippen LogP contribution in [0.25, 0.3) is 0 Å². The number of benzene rings is 1. The minimum Gasteiger partial charge on any atom is -0.490 e. The SMILES string of the molecule is CO[C@@H](C)CS(=O)(=O)N[C@@H]1CCCOc2c(F)cccc21. The van der Waals surface area contributed by atoms with Crippen LogP contribution < -0.4 is 9.46 Å². The van der Waals surface area contributed by atoms with Gasteiger partial charge in [0.05, 0.1) is 24.5 Å². The van der Waals surface area contributed by atoms with Gasteiger partial charge in [-0.2, -0.15) is 0 Å². The van der Waals surface area contributed by atoms with Crippen LogP contribution in [0, 0.1) is 5.82 Å². The summed E-state index contributed by atoms with van der Waals surface area (Å²) in [6.45, 7) is 2.06. The van der Waals surface area contributed by atoms with Gasteiger partial charge < -0.3 is 9.47 Å². The van der Waals surface area contributed by atoms with Crippen molar-refractivity contribution in [1.82, 2.24) is 4.72 Å². The molecule has 0 saturated carbocycles. The van der Waals surface area contributed by atoms with Gasteiger partial charge in [-0.25, -0.2) is 17.5 Å². The van der Waals surface area contributed by atoms with E-state index in [-0.39, 0.29) is 11.5 Å². The van der Waals surface area contributed by atoms with E-state index in [1.807, 2.05) is 0 Å². The predicted molar refractivity (Wildman–Crippen MR) is 77.3 cm³/mol. The standard InChI is InChI=1S/C14H20FNO4S/c1-10(19-2)9-21(17,18)16-13-7-4-8-20-14-11(13)5-3-6-12(14)15/h3,5-6,10,13,16H,4,7-9H2,1-2H3/t10-,13+/m0/s1. The molecule has 1 aromatic rings. The monoisotopic (exact) mass is 317 g/mol. The van der Waals surface area contributed by atoms with Gasteiger partial charge >= 0.3 is 0 Å². The Hall–Kier alpha value is -1.18. The zero-order chi connectivity index (χ0) is 15.5. The summed E-state index contributed by atoms with van der Waals surface area (Å²) in [5, 5.41) is 0. The van der Waals surface area contributed by atoms with Gasteiger partial charge in [0, 0.05) is 12.7 Å². The Balaban J connectivity index is 2.23. The molecule has 0 fully saturated rings. The van der Waals surface area contributed by atoms with E-state index in [9.17, 15) is 12.8 Å². The van der Waals surface area contributed by atoms with Crippen LogP contribution >= 0.6 is 0 Å². The Morgan fingerprint density at radius 2 is 2.29 bits per heavy atom. The summed E-state index contributed by atoms with van der Waals surface area (Å²) in [6.07, 6.45) is 0.814. The third-order valence-corrected chi connectivity index (χ3v) is 4.99. The van der Waals surface area contributed by atoms with Crippen molar-refractivity contribution in [1.29, 1.82) is 0 Å². The fourth-order valence-electron chi connectivity index (χ4n) is 2.33. The molecule has 5 nitrogen and oxygen atoms in total. The number of sulfonamides is 1. The van der Waals surface area contributed by atoms with Crippen LogP contribution in [0.15, 0.2) is 18.2 Å². The lowest BCUT2D eigenvalue weighted by Crippen LogP contribution is -2.34. The maximum absolute atomic E-state index is 13.8. The lowest BCUT2D eigenvalue weighted by molar-refractivity contribution is 0.136. The van der Waals surface area contributed by atoms with Gasteiger partial charge in [-0.3, -0.25) is 0 Å². The lowest BCUT2D eigenvalue weighted by Gasteiger charge is -2.19. The smallest absolute Gasteiger partial charge is 0.214 e. The first-order chi connectivity index (χ1) is 9.93. The highest BCUT2D eigenvalue weighted by molar-refractivity contribution is 7.89. The third-order valence-electron chi connectivity index (χ3n) is 3.43. The molecular weight excluding hydrogens is 297 g/mol. The van der Waals surface area contributed by atoms with Crippen molar-refractivity contribution in [2.24, 2.45) is 0 Å². The molecule has 2 rings (SSSR count). The Morgan fingerprint density at radius 1 is 1.52 bits per heavy atom. The summed E-state index contributed by atoms with van der Waals surface area (Å²) in [5.41, 5.74) is 0.543. The second kappa shape index (κ2) is 6.72. The fourth-order valence-corrected chi connectivity index (χ4v) is 3.86. The van der Waals surface area contributed by atoms with E-state index < -0.39 is 28.0 Å². The minimum absolute atomic E-state index is 0.133. The number of para-hydroxylation sites is 1. The van der Waals surface area contributed by atoms with E-state index in [0.29, 0.717) is 25.0 Å². The van der Waals surface area contributed by atoms with Crippen LogP contribution in [0.4, 0.5) is 4.39 Å². The zero-order valence-electron chi connectivity index (χ0n) is 12.1. The van der Waals surface area contributed by atoms with E-state index in [1.165, 1.54) is 13.2 Å². The number of nitrogens with one attached hydrogen (secondary N) is 1. The molecule has 0 aromatic heterocycles. The molecular formula is C14H20FNO4S. The molecule has 7 heteroatoms. The Labute approximate surface area is 124 Å². The summed E-state index contributed by atoms with van der Waals surface area (Å²) in [7, 11) is -2.05. The zero-order valence-corrected chi connectivity index (χ0v) is 13.0. The molecule has 1 aromatic carbocycles. The molecule has 1 aliphatic heterocycles. The van der Waals surface area contributed by atoms with Crippen molar-refractivity contribution in [2.45, 2.75) is 31.9 Å². The predicted octanol–water partition coefficient (Wildman–Crippen LogP) is 1.99. The maximum atomic E-state index is 13.8. The second-order valence-corrected chi connectivity index (χ2v) is 6.95. The van der Waals surface area contributed by atoms with Gasteiger partial charge in [0.2, 0.25) is 10.0 Å². The fraction of sp³-hybridized carbons (Fsp3) is 0.571. The van der Waals surface area contributed by atoms with Crippen LogP contribution in [0.2, 0.25) is 0 Å². The van der Waals surface area contributed by atoms with Crippen molar-refractivity contribution < 1.29 is 22.3 Å². The molecule has 0 radical (unpaired) electrons. The number of hydrogen-bond acceptors (Lipinski definition) is 4. The number of methoxy groups -OCH3 is 1. The van der Waals surface area contributed by atoms with E-state index in [1.54, 1.807) is 19.1 Å². The topological polar surface area (TPSA) is 64.6 Å². The minimum atomic E-state index is -3.52. The van der Waals surface area contributed by atoms with Crippen LogP contribution in [-0.4, -0.2) is 34.0 Å². The van der Waals surface area contributed by atoms with Crippen LogP contribution in [0.5, 0.6) is 5.75 Å². The van der Waals surface area contributed by atoms with Gasteiger partial charge in [0.25, 0.3) is 0 Å². The van der Waals surface area contributed by atoms with Crippen LogP contribution in [0.3, 0.4) is 0 Å². The van der Waals surface area contributed by atoms with Gasteiger partial charge in [-0.1, -0.05) is 12.1 Å². The lowest BCUT2D eigenvalue weighted by atomic mass is 10.0. The van der Waals surface area contributed by atoms with E-state index in [2.05, 4.69) is 4.72 Å². The normalized spacial score (nSPS) is 20.2. The quantitative estimate of drug-likeness (QED) is 0.902. The molecule has 0 unspecified atom stereocenters. The van der Waals surface area contributed by atoms with E-state index >= 15 is 0 Å². The van der Waals surface area contributed by atoms with Crippen LogP contribution in [0.1, 0.15) is 31.4 Å². The van der Waals surface area contributed by atoms with Gasteiger partial charge in [-0.15, -0.1) is 0 Å². The van der Waals surface area contributed by atoms with E-state index in [0.717, 1.165) is 0 Å². The van der Waals surface area contributed by atoms with Crippen molar-refractivity contribution in [3.8, 4) is 5.75 Å². The molecule has 0 saturated heterocycles. The number of ether oxygens (including phenoxy) is 2. The second-order valence-electron chi connectivity index (χ2n) is 5.15. The molecule has 1 aliphatic rings. The summed E-state index contributed by atoms with van der Waals surface area (Å²) in [6, 6.07) is 4.08. The molecule has 1 N–H and O–H groups in total. The Kier molecular flexibility index (Phi) is 5.18. The number of hydrogen-bond donors (Lipinski definition) is 1. The molecule has 0 amide bonds. The van der Waals surface area contributed by atoms with Gasteiger partial charge in [0.15, 0.2) is 11.6 Å². The van der Waals surface area contributed by atoms with Crippen molar-refractivity contribution in [3.05, 3.63) is 29.6 Å². The molecule has 1 heterocycles.